The zero-order chi connectivity index (χ0) is 23.0. The van der Waals surface area contributed by atoms with E-state index in [4.69, 9.17) is 4.74 Å². The maximum absolute atomic E-state index is 13.9. The Labute approximate surface area is 190 Å². The molecule has 2 aromatic carbocycles. The van der Waals surface area contributed by atoms with Crippen LogP contribution in [0.3, 0.4) is 0 Å². The fourth-order valence-corrected chi connectivity index (χ4v) is 3.95. The molecular formula is C24H25BrN2O4. The zero-order valence-corrected chi connectivity index (χ0v) is 19.6. The number of carbonyl (C=O) groups is 3. The van der Waals surface area contributed by atoms with E-state index in [2.05, 4.69) is 27.8 Å². The number of ether oxygens (including phenoxy) is 1. The average molecular weight is 485 g/mol. The van der Waals surface area contributed by atoms with Crippen molar-refractivity contribution >= 4 is 39.4 Å². The molecular weight excluding hydrogens is 460 g/mol. The average Bonchev–Trinajstić information content (AvgIpc) is 2.89. The molecule has 0 saturated carbocycles. The molecule has 162 valence electrons. The Morgan fingerprint density at radius 2 is 1.81 bits per heavy atom. The van der Waals surface area contributed by atoms with Crippen LogP contribution >= 0.6 is 15.9 Å². The standard InChI is InChI=1S/C24H25BrN2O4/c1-15(16(2)28)24(26-22(30)31-23(3,4)5)19-12-11-18(25)13-20(19)27(21(24)29)14-17-9-7-6-8-10-17/h6-13H,1,14H2,2-5H3,(H,26,30)/t24-/m0/s1. The van der Waals surface area contributed by atoms with Gasteiger partial charge in [-0.05, 0) is 45.4 Å². The van der Waals surface area contributed by atoms with Crippen molar-refractivity contribution in [2.24, 2.45) is 0 Å². The molecule has 1 heterocycles. The van der Waals surface area contributed by atoms with Gasteiger partial charge in [0.1, 0.15) is 5.60 Å². The van der Waals surface area contributed by atoms with Crippen LogP contribution in [-0.2, 0) is 26.4 Å². The van der Waals surface area contributed by atoms with Crippen LogP contribution in [0.5, 0.6) is 0 Å². The fourth-order valence-electron chi connectivity index (χ4n) is 3.60. The number of anilines is 1. The number of fused-ring (bicyclic) bond motifs is 1. The van der Waals surface area contributed by atoms with E-state index >= 15 is 0 Å². The summed E-state index contributed by atoms with van der Waals surface area (Å²) in [5, 5.41) is 2.68. The molecule has 1 atom stereocenters. The molecule has 6 nitrogen and oxygen atoms in total. The van der Waals surface area contributed by atoms with Gasteiger partial charge in [0.05, 0.1) is 12.2 Å². The molecule has 1 aliphatic rings. The number of amides is 2. The number of nitrogens with one attached hydrogen (secondary N) is 1. The maximum atomic E-state index is 13.9. The molecule has 7 heteroatoms. The number of alkyl carbamates (subject to hydrolysis) is 1. The van der Waals surface area contributed by atoms with Crippen molar-refractivity contribution in [3.05, 3.63) is 76.3 Å². The van der Waals surface area contributed by atoms with Gasteiger partial charge in [-0.3, -0.25) is 14.9 Å². The van der Waals surface area contributed by atoms with Crippen LogP contribution in [0.1, 0.15) is 38.8 Å². The van der Waals surface area contributed by atoms with E-state index in [1.807, 2.05) is 30.3 Å². The first kappa shape index (κ1) is 22.7. The minimum absolute atomic E-state index is 0.0255. The Morgan fingerprint density at radius 1 is 1.16 bits per heavy atom. The second-order valence-corrected chi connectivity index (χ2v) is 9.37. The van der Waals surface area contributed by atoms with Crippen molar-refractivity contribution in [2.45, 2.75) is 45.4 Å². The minimum Gasteiger partial charge on any atom is -0.444 e. The number of rotatable bonds is 5. The largest absolute Gasteiger partial charge is 0.444 e. The fraction of sp³-hybridized carbons (Fsp3) is 0.292. The third-order valence-corrected chi connectivity index (χ3v) is 5.46. The third kappa shape index (κ3) is 4.42. The SMILES string of the molecule is C=C(C(C)=O)[C@@]1(NC(=O)OC(C)(C)C)C(=O)N(Cc2ccccc2)c2cc(Br)ccc21. The Bertz CT molecular complexity index is 1060. The van der Waals surface area contributed by atoms with Crippen molar-refractivity contribution < 1.29 is 19.1 Å². The van der Waals surface area contributed by atoms with Crippen molar-refractivity contribution in [1.82, 2.24) is 5.32 Å². The number of hydrogen-bond acceptors (Lipinski definition) is 4. The molecule has 31 heavy (non-hydrogen) atoms. The van der Waals surface area contributed by atoms with Crippen LogP contribution in [0.25, 0.3) is 0 Å². The molecule has 1 N–H and O–H groups in total. The van der Waals surface area contributed by atoms with Crippen LogP contribution in [0.15, 0.2) is 65.2 Å². The summed E-state index contributed by atoms with van der Waals surface area (Å²) in [5.74, 6) is -0.865. The summed E-state index contributed by atoms with van der Waals surface area (Å²) in [6.45, 7) is 10.7. The zero-order valence-electron chi connectivity index (χ0n) is 18.0. The van der Waals surface area contributed by atoms with E-state index < -0.39 is 28.9 Å². The van der Waals surface area contributed by atoms with E-state index in [0.29, 0.717) is 11.3 Å². The first-order chi connectivity index (χ1) is 14.5. The van der Waals surface area contributed by atoms with Crippen LogP contribution < -0.4 is 10.2 Å². The van der Waals surface area contributed by atoms with Crippen molar-refractivity contribution in [3.63, 3.8) is 0 Å². The van der Waals surface area contributed by atoms with Crippen molar-refractivity contribution in [2.75, 3.05) is 4.90 Å². The summed E-state index contributed by atoms with van der Waals surface area (Å²) in [6, 6.07) is 14.8. The molecule has 0 bridgehead atoms. The van der Waals surface area contributed by atoms with Gasteiger partial charge in [0, 0.05) is 15.6 Å². The van der Waals surface area contributed by atoms with E-state index in [-0.39, 0.29) is 12.1 Å². The maximum Gasteiger partial charge on any atom is 0.409 e. The molecule has 0 fully saturated rings. The molecule has 0 radical (unpaired) electrons. The Balaban J connectivity index is 2.16. The molecule has 0 unspecified atom stereocenters. The molecule has 2 amide bonds. The summed E-state index contributed by atoms with van der Waals surface area (Å²) in [6.07, 6.45) is -0.807. The number of nitrogens with zero attached hydrogens (tertiary/aromatic N) is 1. The van der Waals surface area contributed by atoms with Gasteiger partial charge >= 0.3 is 6.09 Å². The lowest BCUT2D eigenvalue weighted by Crippen LogP contribution is -2.56. The monoisotopic (exact) mass is 484 g/mol. The topological polar surface area (TPSA) is 75.7 Å². The number of halogens is 1. The minimum atomic E-state index is -1.75. The molecule has 0 spiro atoms. The van der Waals surface area contributed by atoms with Gasteiger partial charge in [0.15, 0.2) is 11.3 Å². The second kappa shape index (κ2) is 8.30. The summed E-state index contributed by atoms with van der Waals surface area (Å²) >= 11 is 3.45. The van der Waals surface area contributed by atoms with Gasteiger partial charge in [-0.15, -0.1) is 0 Å². The molecule has 3 rings (SSSR count). The number of ketones is 1. The van der Waals surface area contributed by atoms with Gasteiger partial charge in [-0.1, -0.05) is 58.9 Å². The summed E-state index contributed by atoms with van der Waals surface area (Å²) < 4.78 is 6.18. The first-order valence-corrected chi connectivity index (χ1v) is 10.6. The summed E-state index contributed by atoms with van der Waals surface area (Å²) in [4.78, 5) is 40.6. The Kier molecular flexibility index (Phi) is 6.09. The van der Waals surface area contributed by atoms with Gasteiger partial charge in [-0.25, -0.2) is 4.79 Å². The lowest BCUT2D eigenvalue weighted by atomic mass is 9.82. The highest BCUT2D eigenvalue weighted by molar-refractivity contribution is 9.10. The van der Waals surface area contributed by atoms with Crippen LogP contribution in [0.2, 0.25) is 0 Å². The predicted octanol–water partition coefficient (Wildman–Crippen LogP) is 4.86. The number of hydrogen-bond donors (Lipinski definition) is 1. The van der Waals surface area contributed by atoms with Gasteiger partial charge in [-0.2, -0.15) is 0 Å². The lowest BCUT2D eigenvalue weighted by Gasteiger charge is -2.32. The molecule has 1 aliphatic heterocycles. The summed E-state index contributed by atoms with van der Waals surface area (Å²) in [7, 11) is 0. The van der Waals surface area contributed by atoms with Gasteiger partial charge in [0.25, 0.3) is 5.91 Å². The van der Waals surface area contributed by atoms with Crippen LogP contribution in [0, 0.1) is 0 Å². The van der Waals surface area contributed by atoms with Crippen molar-refractivity contribution in [3.8, 4) is 0 Å². The Hall–Kier alpha value is -2.93. The van der Waals surface area contributed by atoms with Gasteiger partial charge in [0.2, 0.25) is 0 Å². The normalized spacial score (nSPS) is 17.8. The van der Waals surface area contributed by atoms with Crippen molar-refractivity contribution in [1.29, 1.82) is 0 Å². The first-order valence-electron chi connectivity index (χ1n) is 9.83. The highest BCUT2D eigenvalue weighted by atomic mass is 79.9. The van der Waals surface area contributed by atoms with E-state index in [1.165, 1.54) is 6.92 Å². The smallest absolute Gasteiger partial charge is 0.409 e. The van der Waals surface area contributed by atoms with E-state index in [9.17, 15) is 14.4 Å². The highest BCUT2D eigenvalue weighted by Gasteiger charge is 2.55. The third-order valence-electron chi connectivity index (χ3n) is 4.97. The predicted molar refractivity (Wildman–Crippen MR) is 123 cm³/mol. The van der Waals surface area contributed by atoms with Crippen LogP contribution in [-0.4, -0.2) is 23.4 Å². The Morgan fingerprint density at radius 3 is 2.39 bits per heavy atom. The quantitative estimate of drug-likeness (QED) is 0.614. The number of carbonyl (C=O) groups excluding carboxylic acids is 3. The molecule has 0 saturated heterocycles. The number of Topliss-reactive ketones (excluding diaryl/α,β-unsaturated/α-hetero) is 1. The molecule has 0 aliphatic carbocycles. The molecule has 0 aromatic heterocycles. The molecule has 2 aromatic rings. The highest BCUT2D eigenvalue weighted by Crippen LogP contribution is 2.46. The van der Waals surface area contributed by atoms with Crippen LogP contribution in [0.4, 0.5) is 10.5 Å². The van der Waals surface area contributed by atoms with Gasteiger partial charge < -0.3 is 9.64 Å². The second-order valence-electron chi connectivity index (χ2n) is 8.45. The van der Waals surface area contributed by atoms with E-state index in [0.717, 1.165) is 10.0 Å². The summed E-state index contributed by atoms with van der Waals surface area (Å²) in [5.41, 5.74) is -0.592. The lowest BCUT2D eigenvalue weighted by molar-refractivity contribution is -0.125. The van der Waals surface area contributed by atoms with E-state index in [1.54, 1.807) is 43.9 Å². The number of benzene rings is 2.